The minimum absolute atomic E-state index is 0.0774. The van der Waals surface area contributed by atoms with Gasteiger partial charge in [0.05, 0.1) is 19.9 Å². The lowest BCUT2D eigenvalue weighted by atomic mass is 10.2. The number of ether oxygens (including phenoxy) is 2. The summed E-state index contributed by atoms with van der Waals surface area (Å²) < 4.78 is 37.9. The smallest absolute Gasteiger partial charge is 0.250 e. The third-order valence-electron chi connectivity index (χ3n) is 3.67. The molecular weight excluding hydrogens is 376 g/mol. The van der Waals surface area contributed by atoms with Crippen LogP contribution in [-0.4, -0.2) is 41.6 Å². The number of aryl methyl sites for hydroxylation is 1. The van der Waals surface area contributed by atoms with Crippen molar-refractivity contribution < 1.29 is 22.7 Å². The highest BCUT2D eigenvalue weighted by Gasteiger charge is 2.20. The third kappa shape index (κ3) is 4.75. The van der Waals surface area contributed by atoms with Crippen LogP contribution in [0, 0.1) is 6.92 Å². The van der Waals surface area contributed by atoms with Gasteiger partial charge in [-0.3, -0.25) is 4.79 Å². The Morgan fingerprint density at radius 1 is 1.19 bits per heavy atom. The molecule has 0 saturated carbocycles. The van der Waals surface area contributed by atoms with Crippen molar-refractivity contribution in [1.82, 2.24) is 4.72 Å². The molecular formula is C17H22N2O5S2. The lowest BCUT2D eigenvalue weighted by molar-refractivity contribution is -0.116. The second-order valence-electron chi connectivity index (χ2n) is 5.47. The molecule has 9 heteroatoms. The van der Waals surface area contributed by atoms with Crippen molar-refractivity contribution >= 4 is 33.0 Å². The fourth-order valence-electron chi connectivity index (χ4n) is 2.37. The highest BCUT2D eigenvalue weighted by molar-refractivity contribution is 7.91. The van der Waals surface area contributed by atoms with E-state index in [0.717, 1.165) is 4.88 Å². The number of thiophene rings is 1. The van der Waals surface area contributed by atoms with Crippen molar-refractivity contribution in [2.24, 2.45) is 0 Å². The summed E-state index contributed by atoms with van der Waals surface area (Å²) in [5, 5.41) is 0. The van der Waals surface area contributed by atoms with Gasteiger partial charge in [0.2, 0.25) is 15.9 Å². The standard InChI is InChI=1S/C17H22N2O5S2/c1-12-5-8-17(25-12)26(21,22)18-9-10-19(13(2)20)15-7-6-14(23-3)11-16(15)24-4/h5-8,11,18H,9-10H2,1-4H3. The zero-order chi connectivity index (χ0) is 19.3. The first-order chi connectivity index (χ1) is 12.3. The number of carbonyl (C=O) groups excluding carboxylic acids is 1. The van der Waals surface area contributed by atoms with Crippen LogP contribution in [0.25, 0.3) is 0 Å². The molecule has 7 nitrogen and oxygen atoms in total. The molecule has 1 N–H and O–H groups in total. The zero-order valence-electron chi connectivity index (χ0n) is 15.1. The quantitative estimate of drug-likeness (QED) is 0.738. The van der Waals surface area contributed by atoms with Crippen LogP contribution in [-0.2, 0) is 14.8 Å². The summed E-state index contributed by atoms with van der Waals surface area (Å²) in [6.07, 6.45) is 0. The zero-order valence-corrected chi connectivity index (χ0v) is 16.7. The molecule has 0 saturated heterocycles. The first kappa shape index (κ1) is 20.2. The van der Waals surface area contributed by atoms with Crippen LogP contribution in [0.15, 0.2) is 34.5 Å². The van der Waals surface area contributed by atoms with Crippen molar-refractivity contribution in [2.75, 3.05) is 32.2 Å². The van der Waals surface area contributed by atoms with Crippen molar-refractivity contribution in [3.63, 3.8) is 0 Å². The largest absolute Gasteiger partial charge is 0.497 e. The summed E-state index contributed by atoms with van der Waals surface area (Å²) in [5.74, 6) is 0.846. The van der Waals surface area contributed by atoms with E-state index >= 15 is 0 Å². The van der Waals surface area contributed by atoms with Gasteiger partial charge in [-0.15, -0.1) is 11.3 Å². The van der Waals surface area contributed by atoms with Crippen LogP contribution < -0.4 is 19.1 Å². The minimum atomic E-state index is -3.59. The Balaban J connectivity index is 2.13. The molecule has 142 valence electrons. The van der Waals surface area contributed by atoms with E-state index in [9.17, 15) is 13.2 Å². The van der Waals surface area contributed by atoms with E-state index in [-0.39, 0.29) is 23.2 Å². The number of nitrogens with zero attached hydrogens (tertiary/aromatic N) is 1. The van der Waals surface area contributed by atoms with Crippen molar-refractivity contribution in [1.29, 1.82) is 0 Å². The molecule has 0 spiro atoms. The van der Waals surface area contributed by atoms with E-state index in [0.29, 0.717) is 17.2 Å². The Kier molecular flexibility index (Phi) is 6.63. The Morgan fingerprint density at radius 2 is 1.92 bits per heavy atom. The molecule has 0 aliphatic heterocycles. The first-order valence-corrected chi connectivity index (χ1v) is 10.1. The van der Waals surface area contributed by atoms with Gasteiger partial charge >= 0.3 is 0 Å². The number of sulfonamides is 1. The lowest BCUT2D eigenvalue weighted by Crippen LogP contribution is -2.37. The Labute approximate surface area is 157 Å². The van der Waals surface area contributed by atoms with Crippen LogP contribution in [0.5, 0.6) is 11.5 Å². The van der Waals surface area contributed by atoms with E-state index in [4.69, 9.17) is 9.47 Å². The molecule has 0 aliphatic rings. The van der Waals surface area contributed by atoms with E-state index < -0.39 is 10.0 Å². The second kappa shape index (κ2) is 8.52. The Morgan fingerprint density at radius 3 is 2.46 bits per heavy atom. The average molecular weight is 399 g/mol. The van der Waals surface area contributed by atoms with Gasteiger partial charge in [-0.2, -0.15) is 0 Å². The molecule has 26 heavy (non-hydrogen) atoms. The number of hydrogen-bond acceptors (Lipinski definition) is 6. The SMILES string of the molecule is COc1ccc(N(CCNS(=O)(=O)c2ccc(C)s2)C(C)=O)c(OC)c1. The number of amides is 1. The third-order valence-corrected chi connectivity index (χ3v) is 6.62. The fourth-order valence-corrected chi connectivity index (χ4v) is 4.72. The van der Waals surface area contributed by atoms with E-state index in [1.165, 1.54) is 37.4 Å². The van der Waals surface area contributed by atoms with E-state index in [1.807, 2.05) is 6.92 Å². The van der Waals surface area contributed by atoms with Crippen molar-refractivity contribution in [2.45, 2.75) is 18.1 Å². The van der Waals surface area contributed by atoms with Crippen LogP contribution in [0.2, 0.25) is 0 Å². The summed E-state index contributed by atoms with van der Waals surface area (Å²) in [6, 6.07) is 8.41. The maximum absolute atomic E-state index is 12.3. The summed E-state index contributed by atoms with van der Waals surface area (Å²) in [5.41, 5.74) is 0.548. The highest BCUT2D eigenvalue weighted by atomic mass is 32.2. The molecule has 2 rings (SSSR count). The summed E-state index contributed by atoms with van der Waals surface area (Å²) in [7, 11) is -0.552. The van der Waals surface area contributed by atoms with Crippen LogP contribution in [0.4, 0.5) is 5.69 Å². The van der Waals surface area contributed by atoms with Gasteiger partial charge in [0.1, 0.15) is 15.7 Å². The summed E-state index contributed by atoms with van der Waals surface area (Å²) in [6.45, 7) is 3.51. The maximum Gasteiger partial charge on any atom is 0.250 e. The topological polar surface area (TPSA) is 84.9 Å². The molecule has 0 unspecified atom stereocenters. The van der Waals surface area contributed by atoms with Crippen LogP contribution in [0.3, 0.4) is 0 Å². The van der Waals surface area contributed by atoms with Gasteiger partial charge in [-0.25, -0.2) is 13.1 Å². The Bertz CT molecular complexity index is 877. The van der Waals surface area contributed by atoms with Gasteiger partial charge in [0.15, 0.2) is 0 Å². The van der Waals surface area contributed by atoms with Gasteiger partial charge in [0.25, 0.3) is 0 Å². The fraction of sp³-hybridized carbons (Fsp3) is 0.353. The van der Waals surface area contributed by atoms with Crippen LogP contribution >= 0.6 is 11.3 Å². The molecule has 0 fully saturated rings. The molecule has 1 aromatic carbocycles. The average Bonchev–Trinajstić information content (AvgIpc) is 3.05. The number of nitrogens with one attached hydrogen (secondary N) is 1. The number of carbonyl (C=O) groups is 1. The van der Waals surface area contributed by atoms with E-state index in [1.54, 1.807) is 30.3 Å². The lowest BCUT2D eigenvalue weighted by Gasteiger charge is -2.23. The molecule has 0 radical (unpaired) electrons. The number of rotatable bonds is 8. The molecule has 0 bridgehead atoms. The summed E-state index contributed by atoms with van der Waals surface area (Å²) in [4.78, 5) is 14.4. The molecule has 1 heterocycles. The highest BCUT2D eigenvalue weighted by Crippen LogP contribution is 2.32. The van der Waals surface area contributed by atoms with Gasteiger partial charge < -0.3 is 14.4 Å². The predicted molar refractivity (Wildman–Crippen MR) is 102 cm³/mol. The second-order valence-corrected chi connectivity index (χ2v) is 8.75. The number of benzene rings is 1. The van der Waals surface area contributed by atoms with Crippen molar-refractivity contribution in [3.8, 4) is 11.5 Å². The number of methoxy groups -OCH3 is 2. The van der Waals surface area contributed by atoms with Gasteiger partial charge in [-0.05, 0) is 31.2 Å². The first-order valence-electron chi connectivity index (χ1n) is 7.84. The van der Waals surface area contributed by atoms with Gasteiger partial charge in [0, 0.05) is 31.0 Å². The molecule has 0 aliphatic carbocycles. The molecule has 1 amide bonds. The van der Waals surface area contributed by atoms with Gasteiger partial charge in [-0.1, -0.05) is 0 Å². The van der Waals surface area contributed by atoms with E-state index in [2.05, 4.69) is 4.72 Å². The van der Waals surface area contributed by atoms with Crippen molar-refractivity contribution in [3.05, 3.63) is 35.2 Å². The molecule has 0 atom stereocenters. The summed E-state index contributed by atoms with van der Waals surface area (Å²) >= 11 is 1.20. The number of anilines is 1. The molecule has 1 aromatic heterocycles. The predicted octanol–water partition coefficient (Wildman–Crippen LogP) is 2.41. The Hall–Kier alpha value is -2.10. The maximum atomic E-state index is 12.3. The molecule has 2 aromatic rings. The monoisotopic (exact) mass is 398 g/mol. The minimum Gasteiger partial charge on any atom is -0.497 e. The normalized spacial score (nSPS) is 11.2. The number of hydrogen-bond donors (Lipinski definition) is 1. The van der Waals surface area contributed by atoms with Crippen LogP contribution in [0.1, 0.15) is 11.8 Å².